The number of aromatic nitrogens is 3. The first-order valence-corrected chi connectivity index (χ1v) is 10.8. The summed E-state index contributed by atoms with van der Waals surface area (Å²) in [7, 11) is 1.92. The molecule has 4 aromatic rings. The predicted molar refractivity (Wildman–Crippen MR) is 119 cm³/mol. The molecule has 0 saturated heterocycles. The summed E-state index contributed by atoms with van der Waals surface area (Å²) in [6, 6.07) is 5.70. The van der Waals surface area contributed by atoms with Crippen LogP contribution in [0.5, 0.6) is 5.75 Å². The molecule has 0 radical (unpaired) electrons. The minimum Gasteiger partial charge on any atom is -0.482 e. The Morgan fingerprint density at radius 3 is 2.88 bits per heavy atom. The Morgan fingerprint density at radius 1 is 1.25 bits per heavy atom. The summed E-state index contributed by atoms with van der Waals surface area (Å²) in [5, 5.41) is 18.7. The summed E-state index contributed by atoms with van der Waals surface area (Å²) in [6.07, 6.45) is 3.66. The van der Waals surface area contributed by atoms with E-state index in [1.54, 1.807) is 0 Å². The molecule has 2 N–H and O–H groups in total. The van der Waals surface area contributed by atoms with E-state index in [-0.39, 0.29) is 5.91 Å². The van der Waals surface area contributed by atoms with Gasteiger partial charge in [-0.3, -0.25) is 9.48 Å². The average molecular weight is 430 g/mol. The molecule has 6 rings (SSSR count). The van der Waals surface area contributed by atoms with Gasteiger partial charge in [-0.25, -0.2) is 4.79 Å². The van der Waals surface area contributed by atoms with Crippen LogP contribution in [-0.4, -0.2) is 37.9 Å². The van der Waals surface area contributed by atoms with Crippen LogP contribution in [0.25, 0.3) is 32.9 Å². The maximum absolute atomic E-state index is 13.0. The number of benzene rings is 2. The Balaban J connectivity index is 1.74. The van der Waals surface area contributed by atoms with E-state index in [1.165, 1.54) is 5.56 Å². The standard InChI is InChI=1S/C24H22N4O4/c1-3-28-18-7-4-12(32-11-19(29)30)8-14(18)21-15-9-25-24(31)22(15)20-13(23(21)28)5-6-17-16(20)10-27(2)26-17/h4,7-8,10H,3,5-6,9,11H2,1-2H3,(H,25,31)(H,29,30). The van der Waals surface area contributed by atoms with Gasteiger partial charge in [-0.1, -0.05) is 0 Å². The quantitative estimate of drug-likeness (QED) is 0.519. The molecular formula is C24H22N4O4. The molecule has 0 fully saturated rings. The SMILES string of the molecule is CCn1c2ccc(OCC(=O)O)cc2c2c3c(c4c(c21)CCc1nn(C)cc1-4)C(=O)NC3. The molecule has 162 valence electrons. The molecule has 2 aromatic carbocycles. The topological polar surface area (TPSA) is 98.4 Å². The van der Waals surface area contributed by atoms with E-state index in [1.807, 2.05) is 36.1 Å². The Morgan fingerprint density at radius 2 is 2.09 bits per heavy atom. The summed E-state index contributed by atoms with van der Waals surface area (Å²) < 4.78 is 9.59. The summed E-state index contributed by atoms with van der Waals surface area (Å²) in [6.45, 7) is 2.97. The first kappa shape index (κ1) is 18.9. The van der Waals surface area contributed by atoms with Gasteiger partial charge in [0, 0.05) is 53.8 Å². The number of hydrogen-bond acceptors (Lipinski definition) is 4. The van der Waals surface area contributed by atoms with Crippen molar-refractivity contribution in [2.45, 2.75) is 32.9 Å². The highest BCUT2D eigenvalue weighted by atomic mass is 16.5. The van der Waals surface area contributed by atoms with Gasteiger partial charge in [0.05, 0.1) is 16.8 Å². The molecule has 0 atom stereocenters. The van der Waals surface area contributed by atoms with Crippen LogP contribution >= 0.6 is 0 Å². The molecule has 0 spiro atoms. The summed E-state index contributed by atoms with van der Waals surface area (Å²) >= 11 is 0. The van der Waals surface area contributed by atoms with Crippen LogP contribution < -0.4 is 10.1 Å². The number of carboxylic acids is 1. The predicted octanol–water partition coefficient (Wildman–Crippen LogP) is 3.02. The summed E-state index contributed by atoms with van der Waals surface area (Å²) in [4.78, 5) is 24.0. The second-order valence-electron chi connectivity index (χ2n) is 8.38. The van der Waals surface area contributed by atoms with Crippen LogP contribution in [0, 0.1) is 0 Å². The molecule has 8 nitrogen and oxygen atoms in total. The third kappa shape index (κ3) is 2.46. The fourth-order valence-corrected chi connectivity index (χ4v) is 5.46. The van der Waals surface area contributed by atoms with Gasteiger partial charge >= 0.3 is 5.97 Å². The number of nitrogens with zero attached hydrogens (tertiary/aromatic N) is 3. The van der Waals surface area contributed by atoms with E-state index in [2.05, 4.69) is 21.9 Å². The van der Waals surface area contributed by atoms with Gasteiger partial charge in [0.2, 0.25) is 0 Å². The molecule has 32 heavy (non-hydrogen) atoms. The molecule has 1 aliphatic carbocycles. The lowest BCUT2D eigenvalue weighted by atomic mass is 9.82. The van der Waals surface area contributed by atoms with E-state index < -0.39 is 12.6 Å². The minimum atomic E-state index is -1.02. The van der Waals surface area contributed by atoms with E-state index in [9.17, 15) is 9.59 Å². The van der Waals surface area contributed by atoms with Gasteiger partial charge < -0.3 is 19.7 Å². The normalized spacial score (nSPS) is 14.4. The molecule has 1 amide bonds. The molecule has 0 saturated carbocycles. The number of ether oxygens (including phenoxy) is 1. The Labute approximate surface area is 183 Å². The Hall–Kier alpha value is -3.81. The zero-order valence-electron chi connectivity index (χ0n) is 17.9. The van der Waals surface area contributed by atoms with Crippen LogP contribution in [0.1, 0.15) is 34.1 Å². The zero-order chi connectivity index (χ0) is 22.1. The van der Waals surface area contributed by atoms with Gasteiger partial charge in [0.25, 0.3) is 5.91 Å². The van der Waals surface area contributed by atoms with Crippen LogP contribution in [0.2, 0.25) is 0 Å². The van der Waals surface area contributed by atoms with Crippen molar-refractivity contribution >= 4 is 33.7 Å². The van der Waals surface area contributed by atoms with E-state index in [0.717, 1.165) is 69.1 Å². The molecule has 2 aromatic heterocycles. The van der Waals surface area contributed by atoms with Gasteiger partial charge in [-0.15, -0.1) is 0 Å². The third-order valence-electron chi connectivity index (χ3n) is 6.59. The highest BCUT2D eigenvalue weighted by molar-refractivity contribution is 6.19. The number of hydrogen-bond donors (Lipinski definition) is 2. The lowest BCUT2D eigenvalue weighted by Crippen LogP contribution is -2.15. The van der Waals surface area contributed by atoms with Crippen molar-refractivity contribution < 1.29 is 19.4 Å². The van der Waals surface area contributed by atoms with Crippen molar-refractivity contribution in [3.8, 4) is 16.9 Å². The van der Waals surface area contributed by atoms with Crippen molar-refractivity contribution in [2.75, 3.05) is 6.61 Å². The molecule has 1 aliphatic heterocycles. The second-order valence-corrected chi connectivity index (χ2v) is 8.38. The van der Waals surface area contributed by atoms with Crippen molar-refractivity contribution in [1.82, 2.24) is 19.7 Å². The van der Waals surface area contributed by atoms with E-state index in [4.69, 9.17) is 9.84 Å². The summed E-state index contributed by atoms with van der Waals surface area (Å²) in [5.74, 6) is -0.558. The maximum atomic E-state index is 13.0. The number of rotatable bonds is 4. The molecule has 0 bridgehead atoms. The molecule has 2 aliphatic rings. The van der Waals surface area contributed by atoms with Gasteiger partial charge in [-0.05, 0) is 49.1 Å². The summed E-state index contributed by atoms with van der Waals surface area (Å²) in [5.41, 5.74) is 8.21. The second kappa shape index (κ2) is 6.59. The number of carbonyl (C=O) groups is 2. The first-order valence-electron chi connectivity index (χ1n) is 10.8. The third-order valence-corrected chi connectivity index (χ3v) is 6.59. The van der Waals surface area contributed by atoms with Crippen molar-refractivity contribution in [3.63, 3.8) is 0 Å². The number of aryl methyl sites for hydroxylation is 4. The Kier molecular flexibility index (Phi) is 3.90. The highest BCUT2D eigenvalue weighted by Gasteiger charge is 2.35. The van der Waals surface area contributed by atoms with Crippen LogP contribution in [0.4, 0.5) is 0 Å². The highest BCUT2D eigenvalue weighted by Crippen LogP contribution is 2.47. The minimum absolute atomic E-state index is 0.0504. The number of aliphatic carboxylic acids is 1. The van der Waals surface area contributed by atoms with Gasteiger partial charge in [-0.2, -0.15) is 5.10 Å². The first-order chi connectivity index (χ1) is 15.5. The van der Waals surface area contributed by atoms with Crippen LogP contribution in [-0.2, 0) is 37.8 Å². The number of carbonyl (C=O) groups excluding carboxylic acids is 1. The van der Waals surface area contributed by atoms with Gasteiger partial charge in [0.15, 0.2) is 6.61 Å². The average Bonchev–Trinajstić information content (AvgIpc) is 3.44. The lowest BCUT2D eigenvalue weighted by Gasteiger charge is -2.21. The number of amides is 1. The smallest absolute Gasteiger partial charge is 0.341 e. The lowest BCUT2D eigenvalue weighted by molar-refractivity contribution is -0.139. The molecular weight excluding hydrogens is 408 g/mol. The number of fused-ring (bicyclic) bond motifs is 10. The molecule has 8 heteroatoms. The van der Waals surface area contributed by atoms with Crippen molar-refractivity contribution in [2.24, 2.45) is 7.05 Å². The number of nitrogens with one attached hydrogen (secondary N) is 1. The largest absolute Gasteiger partial charge is 0.482 e. The Bertz CT molecular complexity index is 1480. The maximum Gasteiger partial charge on any atom is 0.341 e. The van der Waals surface area contributed by atoms with Crippen molar-refractivity contribution in [3.05, 3.63) is 46.8 Å². The number of carboxylic acid groups (broad SMARTS) is 1. The van der Waals surface area contributed by atoms with Crippen molar-refractivity contribution in [1.29, 1.82) is 0 Å². The van der Waals surface area contributed by atoms with Crippen LogP contribution in [0.3, 0.4) is 0 Å². The molecule has 3 heterocycles. The zero-order valence-corrected chi connectivity index (χ0v) is 17.9. The fourth-order valence-electron chi connectivity index (χ4n) is 5.46. The van der Waals surface area contributed by atoms with Crippen LogP contribution in [0.15, 0.2) is 24.4 Å². The fraction of sp³-hybridized carbons (Fsp3) is 0.292. The van der Waals surface area contributed by atoms with E-state index >= 15 is 0 Å². The van der Waals surface area contributed by atoms with E-state index in [0.29, 0.717) is 12.3 Å². The van der Waals surface area contributed by atoms with Gasteiger partial charge in [0.1, 0.15) is 5.75 Å². The monoisotopic (exact) mass is 430 g/mol. The molecule has 0 unspecified atom stereocenters.